The first-order valence-electron chi connectivity index (χ1n) is 7.01. The number of nitrogens with zero attached hydrogens (tertiary/aromatic N) is 1. The number of hydrogen-bond acceptors (Lipinski definition) is 3. The van der Waals surface area contributed by atoms with Crippen molar-refractivity contribution in [1.29, 1.82) is 0 Å². The van der Waals surface area contributed by atoms with Gasteiger partial charge in [0.2, 0.25) is 5.91 Å². The molecular formula is C15H18N2O3. The number of phenolic OH excluding ortho intramolecular Hbond substituents is 1. The van der Waals surface area contributed by atoms with E-state index in [1.165, 1.54) is 6.07 Å². The van der Waals surface area contributed by atoms with Crippen molar-refractivity contribution >= 4 is 11.8 Å². The molecule has 1 aromatic carbocycles. The van der Waals surface area contributed by atoms with E-state index >= 15 is 0 Å². The van der Waals surface area contributed by atoms with Crippen molar-refractivity contribution < 1.29 is 14.7 Å². The van der Waals surface area contributed by atoms with Crippen molar-refractivity contribution in [1.82, 2.24) is 10.2 Å². The highest BCUT2D eigenvalue weighted by Crippen LogP contribution is 2.26. The van der Waals surface area contributed by atoms with Crippen LogP contribution in [-0.2, 0) is 4.79 Å². The monoisotopic (exact) mass is 274 g/mol. The minimum absolute atomic E-state index is 0.0451. The summed E-state index contributed by atoms with van der Waals surface area (Å²) in [5.74, 6) is 0.536. The van der Waals surface area contributed by atoms with Gasteiger partial charge in [0.15, 0.2) is 0 Å². The fourth-order valence-electron chi connectivity index (χ4n) is 3.12. The SMILES string of the molecule is O=C1CCC2CN(C(=O)c3cccc(O)c3)CCC2N1. The first-order valence-corrected chi connectivity index (χ1v) is 7.01. The number of nitrogens with one attached hydrogen (secondary N) is 1. The molecule has 0 radical (unpaired) electrons. The zero-order valence-corrected chi connectivity index (χ0v) is 11.2. The molecular weight excluding hydrogens is 256 g/mol. The van der Waals surface area contributed by atoms with Gasteiger partial charge in [0.05, 0.1) is 0 Å². The fraction of sp³-hybridized carbons (Fsp3) is 0.467. The molecule has 2 aliphatic rings. The Morgan fingerprint density at radius 3 is 3.00 bits per heavy atom. The molecule has 0 spiro atoms. The lowest BCUT2D eigenvalue weighted by Gasteiger charge is -2.41. The molecule has 2 unspecified atom stereocenters. The molecule has 2 saturated heterocycles. The molecule has 106 valence electrons. The van der Waals surface area contributed by atoms with Crippen LogP contribution in [0, 0.1) is 5.92 Å². The molecule has 2 fully saturated rings. The van der Waals surface area contributed by atoms with Gasteiger partial charge in [-0.15, -0.1) is 0 Å². The number of carbonyl (C=O) groups excluding carboxylic acids is 2. The lowest BCUT2D eigenvalue weighted by Crippen LogP contribution is -2.55. The van der Waals surface area contributed by atoms with Gasteiger partial charge in [0.25, 0.3) is 5.91 Å². The third kappa shape index (κ3) is 2.48. The molecule has 5 heteroatoms. The number of hydrogen-bond donors (Lipinski definition) is 2. The molecule has 2 heterocycles. The summed E-state index contributed by atoms with van der Waals surface area (Å²) >= 11 is 0. The van der Waals surface area contributed by atoms with E-state index in [4.69, 9.17) is 0 Å². The molecule has 5 nitrogen and oxygen atoms in total. The van der Waals surface area contributed by atoms with E-state index < -0.39 is 0 Å². The Labute approximate surface area is 117 Å². The summed E-state index contributed by atoms with van der Waals surface area (Å²) in [6, 6.07) is 6.66. The Morgan fingerprint density at radius 1 is 1.35 bits per heavy atom. The lowest BCUT2D eigenvalue weighted by atomic mass is 9.85. The maximum Gasteiger partial charge on any atom is 0.253 e. The Balaban J connectivity index is 1.70. The number of amides is 2. The third-order valence-corrected chi connectivity index (χ3v) is 4.20. The molecule has 2 amide bonds. The topological polar surface area (TPSA) is 69.6 Å². The van der Waals surface area contributed by atoms with Gasteiger partial charge in [0, 0.05) is 31.1 Å². The van der Waals surface area contributed by atoms with Crippen molar-refractivity contribution in [3.8, 4) is 5.75 Å². The maximum atomic E-state index is 12.4. The van der Waals surface area contributed by atoms with Crippen LogP contribution in [0.3, 0.4) is 0 Å². The van der Waals surface area contributed by atoms with Gasteiger partial charge in [0.1, 0.15) is 5.75 Å². The quantitative estimate of drug-likeness (QED) is 0.806. The summed E-state index contributed by atoms with van der Waals surface area (Å²) in [4.78, 5) is 25.6. The van der Waals surface area contributed by atoms with Gasteiger partial charge in [-0.1, -0.05) is 6.07 Å². The average molecular weight is 274 g/mol. The first kappa shape index (κ1) is 13.0. The minimum atomic E-state index is -0.0451. The number of benzene rings is 1. The van der Waals surface area contributed by atoms with Gasteiger partial charge in [-0.2, -0.15) is 0 Å². The number of carbonyl (C=O) groups is 2. The number of fused-ring (bicyclic) bond motifs is 1. The van der Waals surface area contributed by atoms with Gasteiger partial charge in [-0.3, -0.25) is 9.59 Å². The van der Waals surface area contributed by atoms with E-state index in [9.17, 15) is 14.7 Å². The van der Waals surface area contributed by atoms with Gasteiger partial charge in [-0.05, 0) is 37.0 Å². The van der Waals surface area contributed by atoms with Crippen LogP contribution in [0.4, 0.5) is 0 Å². The van der Waals surface area contributed by atoms with Crippen LogP contribution in [0.1, 0.15) is 29.6 Å². The zero-order chi connectivity index (χ0) is 14.1. The van der Waals surface area contributed by atoms with Crippen molar-refractivity contribution in [3.05, 3.63) is 29.8 Å². The molecule has 20 heavy (non-hydrogen) atoms. The van der Waals surface area contributed by atoms with Crippen LogP contribution in [0.15, 0.2) is 24.3 Å². The fourth-order valence-corrected chi connectivity index (χ4v) is 3.12. The van der Waals surface area contributed by atoms with Crippen LogP contribution in [-0.4, -0.2) is 41.0 Å². The number of likely N-dealkylation sites (tertiary alicyclic amines) is 1. The van der Waals surface area contributed by atoms with E-state index in [0.29, 0.717) is 31.0 Å². The third-order valence-electron chi connectivity index (χ3n) is 4.20. The molecule has 0 saturated carbocycles. The van der Waals surface area contributed by atoms with E-state index in [1.54, 1.807) is 18.2 Å². The van der Waals surface area contributed by atoms with Crippen LogP contribution < -0.4 is 5.32 Å². The van der Waals surface area contributed by atoms with E-state index in [2.05, 4.69) is 5.32 Å². The molecule has 2 atom stereocenters. The Morgan fingerprint density at radius 2 is 2.20 bits per heavy atom. The van der Waals surface area contributed by atoms with Gasteiger partial charge < -0.3 is 15.3 Å². The summed E-state index contributed by atoms with van der Waals surface area (Å²) in [6.07, 6.45) is 2.20. The standard InChI is InChI=1S/C15H18N2O3/c18-12-3-1-2-10(8-12)15(20)17-7-6-13-11(9-17)4-5-14(19)16-13/h1-3,8,11,13,18H,4-7,9H2,(H,16,19). The highest BCUT2D eigenvalue weighted by atomic mass is 16.3. The number of aromatic hydroxyl groups is 1. The lowest BCUT2D eigenvalue weighted by molar-refractivity contribution is -0.125. The van der Waals surface area contributed by atoms with Crippen molar-refractivity contribution in [2.75, 3.05) is 13.1 Å². The van der Waals surface area contributed by atoms with Crippen LogP contribution >= 0.6 is 0 Å². The number of rotatable bonds is 1. The van der Waals surface area contributed by atoms with Crippen LogP contribution in [0.2, 0.25) is 0 Å². The number of piperidine rings is 2. The Kier molecular flexibility index (Phi) is 3.34. The second-order valence-corrected chi connectivity index (χ2v) is 5.56. The maximum absolute atomic E-state index is 12.4. The largest absolute Gasteiger partial charge is 0.508 e. The second kappa shape index (κ2) is 5.15. The summed E-state index contributed by atoms with van der Waals surface area (Å²) < 4.78 is 0. The molecule has 2 aliphatic heterocycles. The average Bonchev–Trinajstić information content (AvgIpc) is 2.46. The van der Waals surface area contributed by atoms with Gasteiger partial charge in [-0.25, -0.2) is 0 Å². The predicted molar refractivity (Wildman–Crippen MR) is 73.3 cm³/mol. The number of phenols is 1. The molecule has 0 aliphatic carbocycles. The van der Waals surface area contributed by atoms with Crippen molar-refractivity contribution in [3.63, 3.8) is 0 Å². The first-order chi connectivity index (χ1) is 9.63. The highest BCUT2D eigenvalue weighted by molar-refractivity contribution is 5.94. The van der Waals surface area contributed by atoms with E-state index in [1.807, 2.05) is 4.90 Å². The summed E-state index contributed by atoms with van der Waals surface area (Å²) in [5.41, 5.74) is 0.517. The summed E-state index contributed by atoms with van der Waals surface area (Å²) in [7, 11) is 0. The van der Waals surface area contributed by atoms with Crippen LogP contribution in [0.5, 0.6) is 5.75 Å². The zero-order valence-electron chi connectivity index (χ0n) is 11.2. The highest BCUT2D eigenvalue weighted by Gasteiger charge is 2.35. The molecule has 0 bridgehead atoms. The van der Waals surface area contributed by atoms with Gasteiger partial charge >= 0.3 is 0 Å². The van der Waals surface area contributed by atoms with Crippen molar-refractivity contribution in [2.45, 2.75) is 25.3 Å². The Hall–Kier alpha value is -2.04. The molecule has 0 aromatic heterocycles. The molecule has 3 rings (SSSR count). The minimum Gasteiger partial charge on any atom is -0.508 e. The molecule has 2 N–H and O–H groups in total. The van der Waals surface area contributed by atoms with Crippen molar-refractivity contribution in [2.24, 2.45) is 5.92 Å². The van der Waals surface area contributed by atoms with E-state index in [-0.39, 0.29) is 23.6 Å². The normalized spacial score (nSPS) is 25.8. The smallest absolute Gasteiger partial charge is 0.253 e. The molecule has 1 aromatic rings. The predicted octanol–water partition coefficient (Wildman–Crippen LogP) is 1.13. The second-order valence-electron chi connectivity index (χ2n) is 5.56. The van der Waals surface area contributed by atoms with E-state index in [0.717, 1.165) is 12.8 Å². The summed E-state index contributed by atoms with van der Waals surface area (Å²) in [6.45, 7) is 1.33. The Bertz CT molecular complexity index is 544. The van der Waals surface area contributed by atoms with Crippen LogP contribution in [0.25, 0.3) is 0 Å². The summed E-state index contributed by atoms with van der Waals surface area (Å²) in [5, 5.41) is 12.5.